The highest BCUT2D eigenvalue weighted by atomic mass is 32.1. The lowest BCUT2D eigenvalue weighted by Gasteiger charge is -2.14. The summed E-state index contributed by atoms with van der Waals surface area (Å²) in [4.78, 5) is 16.5. The number of alkyl halides is 3. The summed E-state index contributed by atoms with van der Waals surface area (Å²) in [7, 11) is 0. The number of hydrogen-bond acceptors (Lipinski definition) is 5. The minimum atomic E-state index is -4.41. The number of halogens is 3. The first-order chi connectivity index (χ1) is 14.3. The number of rotatable bonds is 9. The molecule has 3 rings (SSSR count). The van der Waals surface area contributed by atoms with Crippen molar-refractivity contribution >= 4 is 27.5 Å². The topological polar surface area (TPSA) is 71.5 Å². The Hall–Kier alpha value is -2.65. The molecule has 5 nitrogen and oxygen atoms in total. The molecule has 2 N–H and O–H groups in total. The Kier molecular flexibility index (Phi) is 7.28. The summed E-state index contributed by atoms with van der Waals surface area (Å²) in [6, 6.07) is 12.1. The summed E-state index contributed by atoms with van der Waals surface area (Å²) in [6.45, 7) is -0.141. The fourth-order valence-electron chi connectivity index (χ4n) is 2.74. The van der Waals surface area contributed by atoms with Crippen LogP contribution in [0.25, 0.3) is 10.2 Å². The maximum absolute atomic E-state index is 12.5. The zero-order valence-corrected chi connectivity index (χ0v) is 16.8. The van der Waals surface area contributed by atoms with Gasteiger partial charge in [0.15, 0.2) is 0 Å². The van der Waals surface area contributed by atoms with Gasteiger partial charge in [-0.05, 0) is 49.2 Å². The summed E-state index contributed by atoms with van der Waals surface area (Å²) < 4.78 is 43.9. The van der Waals surface area contributed by atoms with Crippen molar-refractivity contribution in [1.82, 2.24) is 10.3 Å². The molecule has 0 saturated carbocycles. The van der Waals surface area contributed by atoms with Crippen LogP contribution in [0.2, 0.25) is 0 Å². The second-order valence-electron chi connectivity index (χ2n) is 6.72. The van der Waals surface area contributed by atoms with Gasteiger partial charge in [0.25, 0.3) is 0 Å². The maximum atomic E-state index is 12.5. The summed E-state index contributed by atoms with van der Waals surface area (Å²) in [5, 5.41) is 13.5. The maximum Gasteiger partial charge on any atom is 0.416 e. The normalized spacial score (nSPS) is 12.7. The number of hydrogen-bond donors (Lipinski definition) is 2. The molecule has 0 aliphatic rings. The van der Waals surface area contributed by atoms with Crippen molar-refractivity contribution in [3.8, 4) is 5.75 Å². The van der Waals surface area contributed by atoms with E-state index in [9.17, 15) is 23.1 Å². The van der Waals surface area contributed by atoms with E-state index in [4.69, 9.17) is 4.74 Å². The number of carbonyl (C=O) groups is 1. The molecule has 30 heavy (non-hydrogen) atoms. The Labute approximate surface area is 175 Å². The Morgan fingerprint density at radius 3 is 2.60 bits per heavy atom. The number of amides is 1. The molecule has 0 radical (unpaired) electrons. The van der Waals surface area contributed by atoms with Crippen molar-refractivity contribution in [3.05, 3.63) is 59.1 Å². The number of aliphatic hydroxyl groups is 1. The fourth-order valence-corrected chi connectivity index (χ4v) is 3.75. The average molecular weight is 438 g/mol. The van der Waals surface area contributed by atoms with Gasteiger partial charge in [-0.1, -0.05) is 12.1 Å². The molecule has 2 aromatic carbocycles. The number of aliphatic hydroxyl groups excluding tert-OH is 1. The second kappa shape index (κ2) is 9.90. The largest absolute Gasteiger partial charge is 0.491 e. The molecule has 1 atom stereocenters. The van der Waals surface area contributed by atoms with Crippen LogP contribution < -0.4 is 10.1 Å². The minimum Gasteiger partial charge on any atom is -0.491 e. The quantitative estimate of drug-likeness (QED) is 0.526. The number of nitrogens with zero attached hydrogens (tertiary/aromatic N) is 1. The monoisotopic (exact) mass is 438 g/mol. The number of para-hydroxylation sites is 1. The van der Waals surface area contributed by atoms with E-state index in [0.717, 1.165) is 27.4 Å². The van der Waals surface area contributed by atoms with Crippen molar-refractivity contribution in [2.75, 3.05) is 13.2 Å². The summed E-state index contributed by atoms with van der Waals surface area (Å²) in [5.41, 5.74) is 0.187. The van der Waals surface area contributed by atoms with Gasteiger partial charge < -0.3 is 15.2 Å². The van der Waals surface area contributed by atoms with Gasteiger partial charge in [0, 0.05) is 13.0 Å². The van der Waals surface area contributed by atoms with Gasteiger partial charge >= 0.3 is 6.18 Å². The molecule has 0 aliphatic heterocycles. The van der Waals surface area contributed by atoms with Crippen LogP contribution in [0.15, 0.2) is 48.5 Å². The molecule has 3 aromatic rings. The number of ether oxygens (including phenoxy) is 1. The lowest BCUT2D eigenvalue weighted by molar-refractivity contribution is -0.137. The SMILES string of the molecule is O=C(CCCc1nc2ccccc2s1)NCC(O)COc1ccc(C(F)(F)F)cc1. The number of benzene rings is 2. The van der Waals surface area contributed by atoms with Crippen LogP contribution in [0, 0.1) is 0 Å². The molecule has 0 spiro atoms. The molecule has 1 aromatic heterocycles. The zero-order chi connectivity index (χ0) is 21.6. The first-order valence-electron chi connectivity index (χ1n) is 9.40. The molecule has 0 aliphatic carbocycles. The minimum absolute atomic E-state index is 0.000601. The Balaban J connectivity index is 1.33. The molecular formula is C21H21F3N2O3S. The van der Waals surface area contributed by atoms with Gasteiger partial charge in [-0.3, -0.25) is 4.79 Å². The van der Waals surface area contributed by atoms with E-state index >= 15 is 0 Å². The molecule has 1 heterocycles. The third-order valence-electron chi connectivity index (χ3n) is 4.29. The third-order valence-corrected chi connectivity index (χ3v) is 5.39. The van der Waals surface area contributed by atoms with Crippen LogP contribution in [0.5, 0.6) is 5.75 Å². The highest BCUT2D eigenvalue weighted by Crippen LogP contribution is 2.30. The summed E-state index contributed by atoms with van der Waals surface area (Å²) in [5.74, 6) is 0.0221. The molecule has 1 amide bonds. The fraction of sp³-hybridized carbons (Fsp3) is 0.333. The first-order valence-corrected chi connectivity index (χ1v) is 10.2. The average Bonchev–Trinajstić information content (AvgIpc) is 3.13. The van der Waals surface area contributed by atoms with Crippen molar-refractivity contribution < 1.29 is 27.8 Å². The predicted molar refractivity (Wildman–Crippen MR) is 109 cm³/mol. The van der Waals surface area contributed by atoms with Gasteiger partial charge in [-0.15, -0.1) is 11.3 Å². The Bertz CT molecular complexity index is 941. The van der Waals surface area contributed by atoms with Gasteiger partial charge in [0.2, 0.25) is 5.91 Å². The smallest absolute Gasteiger partial charge is 0.416 e. The predicted octanol–water partition coefficient (Wildman–Crippen LogP) is 4.19. The summed E-state index contributed by atoms with van der Waals surface area (Å²) in [6.07, 6.45) is -3.73. The molecule has 0 saturated heterocycles. The van der Waals surface area contributed by atoms with E-state index in [1.165, 1.54) is 12.1 Å². The van der Waals surface area contributed by atoms with Crippen molar-refractivity contribution in [2.24, 2.45) is 0 Å². The Morgan fingerprint density at radius 2 is 1.90 bits per heavy atom. The lowest BCUT2D eigenvalue weighted by atomic mass is 10.2. The van der Waals surface area contributed by atoms with Crippen LogP contribution >= 0.6 is 11.3 Å². The summed E-state index contributed by atoms with van der Waals surface area (Å²) >= 11 is 1.61. The number of nitrogens with one attached hydrogen (secondary N) is 1. The third kappa shape index (κ3) is 6.43. The number of carbonyl (C=O) groups excluding carboxylic acids is 1. The number of thiazole rings is 1. The number of aryl methyl sites for hydroxylation is 1. The number of aromatic nitrogens is 1. The highest BCUT2D eigenvalue weighted by Gasteiger charge is 2.30. The standard InChI is InChI=1S/C21H21F3N2O3S/c22-21(23,24)14-8-10-16(11-9-14)29-13-15(27)12-25-19(28)6-3-7-20-26-17-4-1-2-5-18(17)30-20/h1-2,4-5,8-11,15,27H,3,6-7,12-13H2,(H,25,28). The van der Waals surface area contributed by atoms with Crippen LogP contribution in [0.3, 0.4) is 0 Å². The van der Waals surface area contributed by atoms with E-state index in [1.54, 1.807) is 11.3 Å². The molecular weight excluding hydrogens is 417 g/mol. The Morgan fingerprint density at radius 1 is 1.17 bits per heavy atom. The van der Waals surface area contributed by atoms with Crippen LogP contribution in [-0.2, 0) is 17.4 Å². The van der Waals surface area contributed by atoms with Crippen LogP contribution in [-0.4, -0.2) is 35.3 Å². The molecule has 9 heteroatoms. The first kappa shape index (κ1) is 22.0. The van der Waals surface area contributed by atoms with Crippen molar-refractivity contribution in [1.29, 1.82) is 0 Å². The molecule has 160 valence electrons. The molecule has 1 unspecified atom stereocenters. The van der Waals surface area contributed by atoms with Crippen LogP contribution in [0.4, 0.5) is 13.2 Å². The molecule has 0 bridgehead atoms. The number of fused-ring (bicyclic) bond motifs is 1. The van der Waals surface area contributed by atoms with E-state index in [2.05, 4.69) is 10.3 Å². The molecule has 0 fully saturated rings. The van der Waals surface area contributed by atoms with E-state index in [1.807, 2.05) is 24.3 Å². The van der Waals surface area contributed by atoms with Gasteiger partial charge in [-0.25, -0.2) is 4.98 Å². The van der Waals surface area contributed by atoms with Crippen molar-refractivity contribution in [3.63, 3.8) is 0 Å². The highest BCUT2D eigenvalue weighted by molar-refractivity contribution is 7.18. The van der Waals surface area contributed by atoms with Gasteiger partial charge in [0.05, 0.1) is 20.8 Å². The van der Waals surface area contributed by atoms with E-state index in [-0.39, 0.29) is 24.8 Å². The second-order valence-corrected chi connectivity index (χ2v) is 7.84. The van der Waals surface area contributed by atoms with E-state index < -0.39 is 17.8 Å². The van der Waals surface area contributed by atoms with Gasteiger partial charge in [0.1, 0.15) is 18.5 Å². The van der Waals surface area contributed by atoms with E-state index in [0.29, 0.717) is 19.3 Å². The van der Waals surface area contributed by atoms with Crippen molar-refractivity contribution in [2.45, 2.75) is 31.5 Å². The lowest BCUT2D eigenvalue weighted by Crippen LogP contribution is -2.35. The van der Waals surface area contributed by atoms with Gasteiger partial charge in [-0.2, -0.15) is 13.2 Å². The zero-order valence-electron chi connectivity index (χ0n) is 16.0. The van der Waals surface area contributed by atoms with Crippen LogP contribution in [0.1, 0.15) is 23.4 Å².